The molecule has 0 spiro atoms. The van der Waals surface area contributed by atoms with E-state index in [1.807, 2.05) is 39.0 Å². The molecule has 1 aromatic carbocycles. The molecule has 2 atom stereocenters. The fourth-order valence-electron chi connectivity index (χ4n) is 2.92. The van der Waals surface area contributed by atoms with Crippen LogP contribution in [0.15, 0.2) is 24.3 Å². The van der Waals surface area contributed by atoms with Crippen LogP contribution >= 0.6 is 11.6 Å². The van der Waals surface area contributed by atoms with Gasteiger partial charge in [0.1, 0.15) is 5.82 Å². The van der Waals surface area contributed by atoms with Gasteiger partial charge in [-0.25, -0.2) is 8.42 Å². The first-order chi connectivity index (χ1) is 13.6. The van der Waals surface area contributed by atoms with Gasteiger partial charge >= 0.3 is 0 Å². The second-order valence-corrected chi connectivity index (χ2v) is 9.77. The molecule has 0 aliphatic rings. The summed E-state index contributed by atoms with van der Waals surface area (Å²) in [5, 5.41) is 13.3. The van der Waals surface area contributed by atoms with E-state index in [0.717, 1.165) is 11.8 Å². The lowest BCUT2D eigenvalue weighted by Gasteiger charge is -2.19. The summed E-state index contributed by atoms with van der Waals surface area (Å²) in [7, 11) is -3.55. The highest BCUT2D eigenvalue weighted by Crippen LogP contribution is 2.23. The van der Waals surface area contributed by atoms with E-state index >= 15 is 0 Å². The van der Waals surface area contributed by atoms with E-state index in [1.165, 1.54) is 0 Å². The highest BCUT2D eigenvalue weighted by atomic mass is 35.5. The van der Waals surface area contributed by atoms with Crippen LogP contribution in [0.3, 0.4) is 0 Å². The minimum Gasteiger partial charge on any atom is -0.394 e. The molecule has 160 valence electrons. The summed E-state index contributed by atoms with van der Waals surface area (Å²) < 4.78 is 25.6. The number of nitrogens with zero attached hydrogens (tertiary/aromatic N) is 3. The van der Waals surface area contributed by atoms with E-state index in [9.17, 15) is 13.5 Å². The number of aromatic nitrogens is 3. The smallest absolute Gasteiger partial charge is 0.241 e. The Kier molecular flexibility index (Phi) is 8.18. The average molecular weight is 442 g/mol. The molecule has 2 aromatic rings. The van der Waals surface area contributed by atoms with Crippen LogP contribution in [0.25, 0.3) is 0 Å². The highest BCUT2D eigenvalue weighted by molar-refractivity contribution is 7.91. The van der Waals surface area contributed by atoms with Crippen LogP contribution in [0.2, 0.25) is 5.02 Å². The number of aliphatic hydroxyl groups excluding tert-OH is 1. The number of aliphatic hydroxyl groups is 1. The van der Waals surface area contributed by atoms with E-state index in [2.05, 4.69) is 25.0 Å². The van der Waals surface area contributed by atoms with Crippen LogP contribution in [0, 0.1) is 5.92 Å². The minimum atomic E-state index is -3.55. The molecule has 29 heavy (non-hydrogen) atoms. The molecule has 8 nitrogen and oxygen atoms in total. The van der Waals surface area contributed by atoms with Crippen molar-refractivity contribution in [2.45, 2.75) is 45.6 Å². The Hall–Kier alpha value is -1.97. The lowest BCUT2D eigenvalue weighted by Crippen LogP contribution is -2.27. The molecule has 0 saturated heterocycles. The second-order valence-electron chi connectivity index (χ2n) is 7.59. The number of anilines is 2. The van der Waals surface area contributed by atoms with Gasteiger partial charge in [0.05, 0.1) is 18.9 Å². The standard InChI is InChI=1S/C19H28ClN5O3S/c1-12(2)8-16(11-26)21-18-22-17(23-19(24-18)25-29(4,27)28)9-13(3)14-6-5-7-15(20)10-14/h5-7,10,12-13,16,26H,8-9,11H2,1-4H3,(H2,21,22,23,24,25)/t13-,16-/m1/s1. The minimum absolute atomic E-state index is 0.0549. The van der Waals surface area contributed by atoms with Crippen molar-refractivity contribution >= 4 is 33.5 Å². The Morgan fingerprint density at radius 1 is 1.14 bits per heavy atom. The maximum atomic E-state index is 11.6. The van der Waals surface area contributed by atoms with Crippen LogP contribution < -0.4 is 10.0 Å². The fourth-order valence-corrected chi connectivity index (χ4v) is 3.54. The maximum absolute atomic E-state index is 11.6. The van der Waals surface area contributed by atoms with Crippen LogP contribution in [0.5, 0.6) is 0 Å². The first-order valence-electron chi connectivity index (χ1n) is 9.41. The van der Waals surface area contributed by atoms with Gasteiger partial charge in [0, 0.05) is 11.4 Å². The predicted octanol–water partition coefficient (Wildman–Crippen LogP) is 3.06. The van der Waals surface area contributed by atoms with Gasteiger partial charge in [-0.2, -0.15) is 15.0 Å². The van der Waals surface area contributed by atoms with Gasteiger partial charge in [0.2, 0.25) is 21.9 Å². The molecule has 10 heteroatoms. The third-order valence-corrected chi connectivity index (χ3v) is 4.96. The normalized spacial score (nSPS) is 13.9. The molecule has 0 aliphatic heterocycles. The van der Waals surface area contributed by atoms with Crippen LogP contribution in [0.4, 0.5) is 11.9 Å². The fraction of sp³-hybridized carbons (Fsp3) is 0.526. The van der Waals surface area contributed by atoms with Gasteiger partial charge in [-0.3, -0.25) is 4.72 Å². The first kappa shape index (κ1) is 23.3. The molecule has 0 radical (unpaired) electrons. The van der Waals surface area contributed by atoms with Crippen molar-refractivity contribution in [1.29, 1.82) is 0 Å². The summed E-state index contributed by atoms with van der Waals surface area (Å²) in [4.78, 5) is 12.8. The molecular weight excluding hydrogens is 414 g/mol. The van der Waals surface area contributed by atoms with E-state index < -0.39 is 10.0 Å². The number of hydrogen-bond donors (Lipinski definition) is 3. The summed E-state index contributed by atoms with van der Waals surface area (Å²) in [6.07, 6.45) is 2.21. The lowest BCUT2D eigenvalue weighted by atomic mass is 9.97. The maximum Gasteiger partial charge on any atom is 0.241 e. The number of benzene rings is 1. The molecule has 0 saturated carbocycles. The first-order valence-corrected chi connectivity index (χ1v) is 11.7. The third-order valence-electron chi connectivity index (χ3n) is 4.17. The van der Waals surface area contributed by atoms with Gasteiger partial charge in [0.25, 0.3) is 0 Å². The average Bonchev–Trinajstić information content (AvgIpc) is 2.59. The van der Waals surface area contributed by atoms with Crippen molar-refractivity contribution in [3.05, 3.63) is 40.7 Å². The quantitative estimate of drug-likeness (QED) is 0.518. The molecule has 0 fully saturated rings. The largest absolute Gasteiger partial charge is 0.394 e. The Labute approximate surface area is 177 Å². The van der Waals surface area contributed by atoms with Crippen LogP contribution in [0.1, 0.15) is 44.5 Å². The topological polar surface area (TPSA) is 117 Å². The zero-order chi connectivity index (χ0) is 21.6. The number of halogens is 1. The summed E-state index contributed by atoms with van der Waals surface area (Å²) in [5.41, 5.74) is 1.03. The molecule has 0 unspecified atom stereocenters. The number of rotatable bonds is 10. The SMILES string of the molecule is CC(C)C[C@H](CO)Nc1nc(C[C@@H](C)c2cccc(Cl)c2)nc(NS(C)(=O)=O)n1. The molecule has 1 heterocycles. The molecular formula is C19H28ClN5O3S. The van der Waals surface area contributed by atoms with E-state index in [0.29, 0.717) is 29.6 Å². The van der Waals surface area contributed by atoms with Crippen molar-refractivity contribution in [2.75, 3.05) is 22.9 Å². The van der Waals surface area contributed by atoms with Gasteiger partial charge in [-0.15, -0.1) is 0 Å². The van der Waals surface area contributed by atoms with Gasteiger partial charge < -0.3 is 10.4 Å². The number of nitrogens with one attached hydrogen (secondary N) is 2. The van der Waals surface area contributed by atoms with Gasteiger partial charge in [-0.05, 0) is 36.0 Å². The zero-order valence-corrected chi connectivity index (χ0v) is 18.6. The van der Waals surface area contributed by atoms with Crippen molar-refractivity contribution in [3.8, 4) is 0 Å². The summed E-state index contributed by atoms with van der Waals surface area (Å²) >= 11 is 6.08. The van der Waals surface area contributed by atoms with Crippen LogP contribution in [-0.4, -0.2) is 47.4 Å². The molecule has 1 aromatic heterocycles. The molecule has 2 rings (SSSR count). The van der Waals surface area contributed by atoms with Crippen molar-refractivity contribution in [3.63, 3.8) is 0 Å². The predicted molar refractivity (Wildman–Crippen MR) is 116 cm³/mol. The Balaban J connectivity index is 2.30. The summed E-state index contributed by atoms with van der Waals surface area (Å²) in [5.74, 6) is 1.01. The van der Waals surface area contributed by atoms with E-state index in [1.54, 1.807) is 6.07 Å². The van der Waals surface area contributed by atoms with E-state index in [4.69, 9.17) is 11.6 Å². The third kappa shape index (κ3) is 8.12. The van der Waals surface area contributed by atoms with E-state index in [-0.39, 0.29) is 30.5 Å². The van der Waals surface area contributed by atoms with Crippen molar-refractivity contribution in [2.24, 2.45) is 5.92 Å². The Morgan fingerprint density at radius 3 is 2.41 bits per heavy atom. The van der Waals surface area contributed by atoms with Gasteiger partial charge in [0.15, 0.2) is 0 Å². The molecule has 0 aliphatic carbocycles. The molecule has 0 amide bonds. The van der Waals surface area contributed by atoms with Gasteiger partial charge in [-0.1, -0.05) is 44.5 Å². The Morgan fingerprint density at radius 2 is 1.83 bits per heavy atom. The molecule has 3 N–H and O–H groups in total. The summed E-state index contributed by atoms with van der Waals surface area (Å²) in [6, 6.07) is 7.29. The zero-order valence-electron chi connectivity index (χ0n) is 17.1. The summed E-state index contributed by atoms with van der Waals surface area (Å²) in [6.45, 7) is 6.02. The number of hydrogen-bond acceptors (Lipinski definition) is 7. The molecule has 0 bridgehead atoms. The van der Waals surface area contributed by atoms with Crippen molar-refractivity contribution < 1.29 is 13.5 Å². The second kappa shape index (κ2) is 10.2. The highest BCUT2D eigenvalue weighted by Gasteiger charge is 2.17. The van der Waals surface area contributed by atoms with Crippen LogP contribution in [-0.2, 0) is 16.4 Å². The monoisotopic (exact) mass is 441 g/mol. The lowest BCUT2D eigenvalue weighted by molar-refractivity contribution is 0.259. The number of sulfonamides is 1. The Bertz CT molecular complexity index is 924. The van der Waals surface area contributed by atoms with Crippen molar-refractivity contribution in [1.82, 2.24) is 15.0 Å².